The molecule has 0 fully saturated rings. The Balaban J connectivity index is 2.56. The zero-order valence-corrected chi connectivity index (χ0v) is 7.51. The summed E-state index contributed by atoms with van der Waals surface area (Å²) in [7, 11) is 0. The van der Waals surface area contributed by atoms with Crippen LogP contribution >= 0.6 is 11.6 Å². The molecule has 0 aliphatic carbocycles. The number of benzene rings is 1. The van der Waals surface area contributed by atoms with Crippen molar-refractivity contribution in [3.63, 3.8) is 0 Å². The maximum absolute atomic E-state index is 13.2. The molecule has 4 heteroatoms. The molecule has 0 bridgehead atoms. The molecule has 0 amide bonds. The van der Waals surface area contributed by atoms with Gasteiger partial charge in [0.1, 0.15) is 0 Å². The highest BCUT2D eigenvalue weighted by Crippen LogP contribution is 2.36. The summed E-state index contributed by atoms with van der Waals surface area (Å²) in [5.41, 5.74) is 0.441. The van der Waals surface area contributed by atoms with Crippen LogP contribution in [0.4, 0.5) is 4.39 Å². The smallest absolute Gasteiger partial charge is 0.166 e. The van der Waals surface area contributed by atoms with Crippen molar-refractivity contribution in [1.82, 2.24) is 0 Å². The van der Waals surface area contributed by atoms with Gasteiger partial charge in [-0.25, -0.2) is 4.39 Å². The van der Waals surface area contributed by atoms with Crippen LogP contribution < -0.4 is 4.74 Å². The molecule has 1 unspecified atom stereocenters. The predicted octanol–water partition coefficient (Wildman–Crippen LogP) is 2.29. The van der Waals surface area contributed by atoms with Crippen LogP contribution in [-0.2, 0) is 0 Å². The van der Waals surface area contributed by atoms with Crippen LogP contribution in [-0.4, -0.2) is 11.7 Å². The molecule has 1 heterocycles. The van der Waals surface area contributed by atoms with E-state index in [2.05, 4.69) is 0 Å². The number of rotatable bonds is 0. The molecule has 1 atom stereocenters. The minimum Gasteiger partial charge on any atom is -0.490 e. The van der Waals surface area contributed by atoms with Crippen molar-refractivity contribution in [2.75, 3.05) is 6.61 Å². The Bertz CT molecular complexity index is 341. The lowest BCUT2D eigenvalue weighted by atomic mass is 10.0. The Morgan fingerprint density at radius 3 is 3.08 bits per heavy atom. The number of fused-ring (bicyclic) bond motifs is 1. The zero-order chi connectivity index (χ0) is 9.42. The molecule has 0 saturated heterocycles. The van der Waals surface area contributed by atoms with Crippen molar-refractivity contribution in [3.05, 3.63) is 28.5 Å². The van der Waals surface area contributed by atoms with E-state index in [4.69, 9.17) is 16.3 Å². The molecule has 70 valence electrons. The quantitative estimate of drug-likeness (QED) is 0.700. The molecular weight excluding hydrogens is 195 g/mol. The molecule has 0 saturated carbocycles. The third-order valence-corrected chi connectivity index (χ3v) is 2.25. The molecule has 1 aliphatic heterocycles. The van der Waals surface area contributed by atoms with Crippen molar-refractivity contribution in [2.24, 2.45) is 0 Å². The largest absolute Gasteiger partial charge is 0.490 e. The lowest BCUT2D eigenvalue weighted by Crippen LogP contribution is -2.14. The first-order chi connectivity index (χ1) is 6.18. The fourth-order valence-electron chi connectivity index (χ4n) is 1.41. The molecule has 13 heavy (non-hydrogen) atoms. The van der Waals surface area contributed by atoms with Crippen LogP contribution in [0, 0.1) is 5.82 Å². The second kappa shape index (κ2) is 3.16. The third kappa shape index (κ3) is 1.49. The number of hydrogen-bond acceptors (Lipinski definition) is 2. The van der Waals surface area contributed by atoms with E-state index in [1.807, 2.05) is 0 Å². The number of ether oxygens (including phenoxy) is 1. The van der Waals surface area contributed by atoms with Crippen LogP contribution in [0.5, 0.6) is 5.75 Å². The minimum absolute atomic E-state index is 0.128. The van der Waals surface area contributed by atoms with Gasteiger partial charge in [-0.15, -0.1) is 0 Å². The van der Waals surface area contributed by atoms with E-state index >= 15 is 0 Å². The Morgan fingerprint density at radius 2 is 2.31 bits per heavy atom. The summed E-state index contributed by atoms with van der Waals surface area (Å²) in [5, 5.41) is 9.78. The molecule has 1 aromatic carbocycles. The van der Waals surface area contributed by atoms with Crippen LogP contribution in [0.2, 0.25) is 5.02 Å². The molecule has 0 aromatic heterocycles. The van der Waals surface area contributed by atoms with Gasteiger partial charge < -0.3 is 9.84 Å². The minimum atomic E-state index is -0.669. The molecule has 0 spiro atoms. The SMILES string of the molecule is OC1CCOc2c(F)cc(Cl)cc21. The first-order valence-corrected chi connectivity index (χ1v) is 4.36. The van der Waals surface area contributed by atoms with E-state index in [0.717, 1.165) is 0 Å². The molecule has 0 radical (unpaired) electrons. The second-order valence-electron chi connectivity index (χ2n) is 2.96. The molecule has 2 rings (SSSR count). The fraction of sp³-hybridized carbons (Fsp3) is 0.333. The van der Waals surface area contributed by atoms with Gasteiger partial charge in [0.15, 0.2) is 11.6 Å². The van der Waals surface area contributed by atoms with Gasteiger partial charge in [0.05, 0.1) is 12.7 Å². The van der Waals surface area contributed by atoms with E-state index in [9.17, 15) is 9.50 Å². The standard InChI is InChI=1S/C9H8ClFO2/c10-5-3-6-8(12)1-2-13-9(6)7(11)4-5/h3-4,8,12H,1-2H2. The predicted molar refractivity (Wildman–Crippen MR) is 46.5 cm³/mol. The molecule has 1 N–H and O–H groups in total. The number of halogens is 2. The van der Waals surface area contributed by atoms with Crippen LogP contribution in [0.15, 0.2) is 12.1 Å². The van der Waals surface area contributed by atoms with Gasteiger partial charge in [-0.05, 0) is 12.1 Å². The van der Waals surface area contributed by atoms with Gasteiger partial charge in [-0.2, -0.15) is 0 Å². The van der Waals surface area contributed by atoms with E-state index in [1.165, 1.54) is 12.1 Å². The van der Waals surface area contributed by atoms with Gasteiger partial charge in [0.2, 0.25) is 0 Å². The topological polar surface area (TPSA) is 29.5 Å². The van der Waals surface area contributed by atoms with Gasteiger partial charge >= 0.3 is 0 Å². The Kier molecular flexibility index (Phi) is 2.14. The maximum Gasteiger partial charge on any atom is 0.166 e. The summed E-state index contributed by atoms with van der Waals surface area (Å²) in [5.74, 6) is -0.385. The molecule has 1 aromatic rings. The highest BCUT2D eigenvalue weighted by molar-refractivity contribution is 6.30. The van der Waals surface area contributed by atoms with E-state index in [1.54, 1.807) is 0 Å². The number of aliphatic hydroxyl groups excluding tert-OH is 1. The average molecular weight is 203 g/mol. The Morgan fingerprint density at radius 1 is 1.54 bits per heavy atom. The Hall–Kier alpha value is -0.800. The van der Waals surface area contributed by atoms with Crippen LogP contribution in [0.3, 0.4) is 0 Å². The number of aliphatic hydroxyl groups is 1. The van der Waals surface area contributed by atoms with Crippen molar-refractivity contribution in [2.45, 2.75) is 12.5 Å². The number of hydrogen-bond donors (Lipinski definition) is 1. The van der Waals surface area contributed by atoms with Crippen molar-refractivity contribution < 1.29 is 14.2 Å². The highest BCUT2D eigenvalue weighted by atomic mass is 35.5. The van der Waals surface area contributed by atoms with Gasteiger partial charge in [0.25, 0.3) is 0 Å². The van der Waals surface area contributed by atoms with E-state index in [0.29, 0.717) is 18.6 Å². The van der Waals surface area contributed by atoms with Crippen molar-refractivity contribution in [3.8, 4) is 5.75 Å². The molecule has 1 aliphatic rings. The average Bonchev–Trinajstić information content (AvgIpc) is 2.07. The summed E-state index contributed by atoms with van der Waals surface area (Å²) in [6.07, 6.45) is -0.191. The molecule has 2 nitrogen and oxygen atoms in total. The maximum atomic E-state index is 13.2. The van der Waals surface area contributed by atoms with Crippen molar-refractivity contribution in [1.29, 1.82) is 0 Å². The van der Waals surface area contributed by atoms with Crippen molar-refractivity contribution >= 4 is 11.6 Å². The summed E-state index contributed by atoms with van der Waals surface area (Å²) in [6.45, 7) is 0.340. The normalized spacial score (nSPS) is 20.7. The van der Waals surface area contributed by atoms with E-state index < -0.39 is 11.9 Å². The fourth-order valence-corrected chi connectivity index (χ4v) is 1.62. The van der Waals surface area contributed by atoms with E-state index in [-0.39, 0.29) is 10.8 Å². The van der Waals surface area contributed by atoms with Gasteiger partial charge in [-0.3, -0.25) is 0 Å². The lowest BCUT2D eigenvalue weighted by molar-refractivity contribution is 0.112. The summed E-state index contributed by atoms with van der Waals surface area (Å²) in [6, 6.07) is 2.71. The van der Waals surface area contributed by atoms with Gasteiger partial charge in [-0.1, -0.05) is 11.6 Å². The van der Waals surface area contributed by atoms with Gasteiger partial charge in [0, 0.05) is 17.0 Å². The monoisotopic (exact) mass is 202 g/mol. The highest BCUT2D eigenvalue weighted by Gasteiger charge is 2.22. The summed E-state index contributed by atoms with van der Waals surface area (Å²) >= 11 is 5.64. The lowest BCUT2D eigenvalue weighted by Gasteiger charge is -2.22. The third-order valence-electron chi connectivity index (χ3n) is 2.03. The summed E-state index contributed by atoms with van der Waals surface area (Å²) in [4.78, 5) is 0. The Labute approximate surface area is 79.9 Å². The summed E-state index contributed by atoms with van der Waals surface area (Å²) < 4.78 is 18.3. The second-order valence-corrected chi connectivity index (χ2v) is 3.40. The first kappa shape index (κ1) is 8.78. The van der Waals surface area contributed by atoms with Crippen LogP contribution in [0.1, 0.15) is 18.1 Å². The van der Waals surface area contributed by atoms with Crippen LogP contribution in [0.25, 0.3) is 0 Å². The first-order valence-electron chi connectivity index (χ1n) is 3.98. The molecular formula is C9H8ClFO2. The zero-order valence-electron chi connectivity index (χ0n) is 6.76.